The summed E-state index contributed by atoms with van der Waals surface area (Å²) in [6, 6.07) is 13.5. The van der Waals surface area contributed by atoms with E-state index in [1.807, 2.05) is 6.92 Å². The average Bonchev–Trinajstić information content (AvgIpc) is 2.92. The Morgan fingerprint density at radius 3 is 2.41 bits per heavy atom. The van der Waals surface area contributed by atoms with Gasteiger partial charge >= 0.3 is 0 Å². The number of ketones is 1. The number of nitrogens with one attached hydrogen (secondary N) is 1. The molecule has 4 rings (SSSR count). The van der Waals surface area contributed by atoms with Gasteiger partial charge in [0.05, 0.1) is 25.4 Å². The number of ether oxygens (including phenoxy) is 4. The molecule has 2 aromatic carbocycles. The second kappa shape index (κ2) is 12.1. The highest BCUT2D eigenvalue weighted by Gasteiger charge is 2.43. The minimum absolute atomic E-state index is 0.102. The van der Waals surface area contributed by atoms with E-state index in [9.17, 15) is 24.9 Å². The van der Waals surface area contributed by atoms with Crippen molar-refractivity contribution in [2.75, 3.05) is 20.3 Å². The van der Waals surface area contributed by atoms with Crippen LogP contribution in [0.3, 0.4) is 0 Å². The zero-order valence-corrected chi connectivity index (χ0v) is 20.8. The summed E-state index contributed by atoms with van der Waals surface area (Å²) in [7, 11) is 1.56. The third-order valence-corrected chi connectivity index (χ3v) is 6.65. The molecule has 0 radical (unpaired) electrons. The Bertz CT molecular complexity index is 1080. The largest absolute Gasteiger partial charge is 0.457 e. The van der Waals surface area contributed by atoms with E-state index in [0.717, 1.165) is 0 Å². The normalized spacial score (nSPS) is 30.1. The second-order valence-corrected chi connectivity index (χ2v) is 9.37. The summed E-state index contributed by atoms with van der Waals surface area (Å²) in [6.45, 7) is 1.29. The van der Waals surface area contributed by atoms with Gasteiger partial charge in [-0.3, -0.25) is 9.59 Å². The van der Waals surface area contributed by atoms with Crippen LogP contribution in [0.4, 0.5) is 0 Å². The molecule has 0 saturated carbocycles. The molecule has 0 aliphatic carbocycles. The molecule has 7 atom stereocenters. The molecular formula is C27H33NO9. The van der Waals surface area contributed by atoms with Crippen molar-refractivity contribution in [1.29, 1.82) is 0 Å². The Hall–Kier alpha value is -2.86. The summed E-state index contributed by atoms with van der Waals surface area (Å²) in [6.07, 6.45) is -4.64. The van der Waals surface area contributed by atoms with Gasteiger partial charge < -0.3 is 39.6 Å². The van der Waals surface area contributed by atoms with Crippen molar-refractivity contribution in [3.05, 3.63) is 59.7 Å². The topological polar surface area (TPSA) is 144 Å². The summed E-state index contributed by atoms with van der Waals surface area (Å²) >= 11 is 0. The Kier molecular flexibility index (Phi) is 8.91. The van der Waals surface area contributed by atoms with E-state index in [4.69, 9.17) is 18.9 Å². The summed E-state index contributed by atoms with van der Waals surface area (Å²) in [5.41, 5.74) is 1.01. The number of benzene rings is 2. The van der Waals surface area contributed by atoms with Gasteiger partial charge in [0.25, 0.3) is 5.91 Å². The van der Waals surface area contributed by atoms with Crippen molar-refractivity contribution in [3.63, 3.8) is 0 Å². The molecule has 4 N–H and O–H groups in total. The molecule has 10 heteroatoms. The third kappa shape index (κ3) is 6.35. The zero-order valence-electron chi connectivity index (χ0n) is 20.8. The number of aliphatic hydroxyl groups excluding tert-OH is 3. The molecule has 1 amide bonds. The summed E-state index contributed by atoms with van der Waals surface area (Å²) in [5.74, 6) is 0.201. The average molecular weight is 516 g/mol. The summed E-state index contributed by atoms with van der Waals surface area (Å²) in [4.78, 5) is 25.1. The van der Waals surface area contributed by atoms with E-state index in [-0.39, 0.29) is 37.2 Å². The van der Waals surface area contributed by atoms with Crippen LogP contribution in [-0.2, 0) is 19.0 Å². The van der Waals surface area contributed by atoms with E-state index in [1.54, 1.807) is 55.6 Å². The van der Waals surface area contributed by atoms with Crippen molar-refractivity contribution in [3.8, 4) is 11.5 Å². The smallest absolute Gasteiger partial charge is 0.251 e. The van der Waals surface area contributed by atoms with Gasteiger partial charge in [0.15, 0.2) is 12.1 Å². The first kappa shape index (κ1) is 27.2. The third-order valence-electron chi connectivity index (χ3n) is 6.65. The van der Waals surface area contributed by atoms with Crippen LogP contribution in [0.15, 0.2) is 48.5 Å². The second-order valence-electron chi connectivity index (χ2n) is 9.37. The number of carbonyl (C=O) groups excluding carboxylic acids is 2. The lowest BCUT2D eigenvalue weighted by atomic mass is 9.92. The van der Waals surface area contributed by atoms with Gasteiger partial charge in [-0.25, -0.2) is 0 Å². The maximum absolute atomic E-state index is 13.4. The van der Waals surface area contributed by atoms with Gasteiger partial charge in [-0.05, 0) is 54.3 Å². The lowest BCUT2D eigenvalue weighted by Gasteiger charge is -2.40. The van der Waals surface area contributed by atoms with Crippen molar-refractivity contribution < 1.29 is 43.9 Å². The van der Waals surface area contributed by atoms with Crippen LogP contribution in [0, 0.1) is 5.92 Å². The first-order chi connectivity index (χ1) is 17.8. The minimum Gasteiger partial charge on any atom is -0.457 e. The Morgan fingerprint density at radius 2 is 1.73 bits per heavy atom. The quantitative estimate of drug-likeness (QED) is 0.413. The minimum atomic E-state index is -1.08. The van der Waals surface area contributed by atoms with Gasteiger partial charge in [0.2, 0.25) is 0 Å². The lowest BCUT2D eigenvalue weighted by molar-refractivity contribution is -0.278. The fourth-order valence-corrected chi connectivity index (χ4v) is 4.56. The van der Waals surface area contributed by atoms with E-state index < -0.39 is 36.8 Å². The molecule has 0 unspecified atom stereocenters. The lowest BCUT2D eigenvalue weighted by Crippen LogP contribution is -2.51. The zero-order chi connectivity index (χ0) is 26.5. The number of carbonyl (C=O) groups is 2. The number of Topliss-reactive ketones (excluding diaryl/α,β-unsaturated/α-hetero) is 1. The fraction of sp³-hybridized carbons (Fsp3) is 0.481. The molecule has 2 saturated heterocycles. The molecule has 0 spiro atoms. The fourth-order valence-electron chi connectivity index (χ4n) is 4.56. The number of hydrogen-bond acceptors (Lipinski definition) is 9. The van der Waals surface area contributed by atoms with Crippen LogP contribution in [0.1, 0.15) is 41.8 Å². The molecule has 0 bridgehead atoms. The molecule has 2 heterocycles. The monoisotopic (exact) mass is 515 g/mol. The van der Waals surface area contributed by atoms with Crippen molar-refractivity contribution in [2.45, 2.75) is 56.6 Å². The first-order valence-electron chi connectivity index (χ1n) is 12.3. The maximum Gasteiger partial charge on any atom is 0.251 e. The first-order valence-corrected chi connectivity index (χ1v) is 12.3. The molecule has 200 valence electrons. The standard InChI is InChI=1S/C27H33NO9/c1-15-10-20(13-29)36-27(23(15)31)37-22-12-21(14-30)35-25(24(22)32)17-4-3-5-19(11-17)34-18-8-6-16(7-9-18)26(33)28-2/h3-9,11,15,20-23,25,27,29-31H,10,12-14H2,1-2H3,(H,28,33)/t15-,20-,21-,22-,23-,25+,27+/m0/s1. The number of amides is 1. The number of aliphatic hydroxyl groups is 3. The molecule has 0 aromatic heterocycles. The molecular weight excluding hydrogens is 482 g/mol. The van der Waals surface area contributed by atoms with Gasteiger partial charge in [-0.1, -0.05) is 19.1 Å². The van der Waals surface area contributed by atoms with Gasteiger partial charge in [0.1, 0.15) is 29.8 Å². The highest BCUT2D eigenvalue weighted by Crippen LogP contribution is 2.35. The highest BCUT2D eigenvalue weighted by molar-refractivity contribution is 5.94. The Labute approximate surface area is 215 Å². The highest BCUT2D eigenvalue weighted by atomic mass is 16.7. The van der Waals surface area contributed by atoms with Crippen LogP contribution >= 0.6 is 0 Å². The molecule has 37 heavy (non-hydrogen) atoms. The molecule has 2 aliphatic heterocycles. The van der Waals surface area contributed by atoms with Gasteiger partial charge in [-0.2, -0.15) is 0 Å². The van der Waals surface area contributed by atoms with Crippen LogP contribution in [-0.4, -0.2) is 78.0 Å². The number of rotatable bonds is 8. The maximum atomic E-state index is 13.4. The van der Waals surface area contributed by atoms with Gasteiger partial charge in [0, 0.05) is 19.0 Å². The summed E-state index contributed by atoms with van der Waals surface area (Å²) < 4.78 is 23.4. The molecule has 10 nitrogen and oxygen atoms in total. The molecule has 2 aliphatic rings. The Balaban J connectivity index is 1.50. The SMILES string of the molecule is CNC(=O)c1ccc(Oc2cccc([C@H]3O[C@H](CO)C[C@H](O[C@H]4O[C@H](CO)C[C@H](C)[C@@H]4O)C3=O)c2)cc1. The molecule has 2 aromatic rings. The number of hydrogen-bond donors (Lipinski definition) is 4. The van der Waals surface area contributed by atoms with Crippen LogP contribution in [0.25, 0.3) is 0 Å². The van der Waals surface area contributed by atoms with E-state index in [1.165, 1.54) is 0 Å². The van der Waals surface area contributed by atoms with Crippen LogP contribution < -0.4 is 10.1 Å². The van der Waals surface area contributed by atoms with Crippen LogP contribution in [0.5, 0.6) is 11.5 Å². The van der Waals surface area contributed by atoms with Crippen molar-refractivity contribution in [1.82, 2.24) is 5.32 Å². The predicted molar refractivity (Wildman–Crippen MR) is 131 cm³/mol. The van der Waals surface area contributed by atoms with Crippen molar-refractivity contribution in [2.24, 2.45) is 5.92 Å². The van der Waals surface area contributed by atoms with E-state index in [2.05, 4.69) is 5.32 Å². The van der Waals surface area contributed by atoms with Gasteiger partial charge in [-0.15, -0.1) is 0 Å². The predicted octanol–water partition coefficient (Wildman–Crippen LogP) is 1.72. The van der Waals surface area contributed by atoms with Crippen LogP contribution in [0.2, 0.25) is 0 Å². The summed E-state index contributed by atoms with van der Waals surface area (Å²) in [5, 5.41) is 32.4. The van der Waals surface area contributed by atoms with E-state index in [0.29, 0.717) is 29.0 Å². The van der Waals surface area contributed by atoms with Crippen molar-refractivity contribution >= 4 is 11.7 Å². The molecule has 2 fully saturated rings. The van der Waals surface area contributed by atoms with E-state index >= 15 is 0 Å². The Morgan fingerprint density at radius 1 is 1.03 bits per heavy atom.